The second-order valence-corrected chi connectivity index (χ2v) is 5.75. The molecule has 116 valence electrons. The van der Waals surface area contributed by atoms with Crippen LogP contribution < -0.4 is 16.0 Å². The zero-order valence-corrected chi connectivity index (χ0v) is 12.9. The molecule has 0 aromatic carbocycles. The van der Waals surface area contributed by atoms with Crippen molar-refractivity contribution in [2.45, 2.75) is 45.7 Å². The summed E-state index contributed by atoms with van der Waals surface area (Å²) < 4.78 is 0. The minimum Gasteiger partial charge on any atom is -0.369 e. The maximum Gasteiger partial charge on any atom is 0.225 e. The number of carbonyl (C=O) groups excluding carboxylic acids is 1. The first-order valence-corrected chi connectivity index (χ1v) is 7.69. The minimum absolute atomic E-state index is 0.101. The predicted octanol–water partition coefficient (Wildman–Crippen LogP) is 1.07. The third-order valence-corrected chi connectivity index (χ3v) is 3.99. The highest BCUT2D eigenvalue weighted by Gasteiger charge is 2.29. The number of nitrogens with two attached hydrogens (primary N) is 1. The van der Waals surface area contributed by atoms with Gasteiger partial charge in [0.2, 0.25) is 11.9 Å². The number of primary amides is 1. The van der Waals surface area contributed by atoms with E-state index in [9.17, 15) is 4.79 Å². The molecule has 2 unspecified atom stereocenters. The summed E-state index contributed by atoms with van der Waals surface area (Å²) in [5.74, 6) is 0.357. The molecule has 1 aromatic heterocycles. The number of aromatic nitrogens is 2. The Morgan fingerprint density at radius 1 is 1.43 bits per heavy atom. The summed E-state index contributed by atoms with van der Waals surface area (Å²) in [5.41, 5.74) is 6.50. The first kappa shape index (κ1) is 15.7. The number of rotatable bonds is 6. The van der Waals surface area contributed by atoms with Gasteiger partial charge in [-0.1, -0.05) is 6.92 Å². The van der Waals surface area contributed by atoms with E-state index in [1.54, 1.807) is 0 Å². The lowest BCUT2D eigenvalue weighted by Gasteiger charge is -2.36. The largest absolute Gasteiger partial charge is 0.369 e. The molecule has 1 fully saturated rings. The molecular formula is C15H25N5O. The van der Waals surface area contributed by atoms with Gasteiger partial charge < -0.3 is 16.0 Å². The molecular weight excluding hydrogens is 266 g/mol. The third kappa shape index (κ3) is 4.14. The molecule has 1 saturated heterocycles. The Bertz CT molecular complexity index is 462. The summed E-state index contributed by atoms with van der Waals surface area (Å²) in [6, 6.07) is 0.338. The lowest BCUT2D eigenvalue weighted by molar-refractivity contribution is -0.122. The average Bonchev–Trinajstić information content (AvgIpc) is 2.48. The topological polar surface area (TPSA) is 84.1 Å². The van der Waals surface area contributed by atoms with Crippen molar-refractivity contribution in [3.8, 4) is 0 Å². The zero-order valence-electron chi connectivity index (χ0n) is 12.9. The Kier molecular flexibility index (Phi) is 5.50. The fourth-order valence-electron chi connectivity index (χ4n) is 2.61. The number of anilines is 1. The maximum absolute atomic E-state index is 11.4. The monoisotopic (exact) mass is 291 g/mol. The molecule has 2 atom stereocenters. The van der Waals surface area contributed by atoms with Crippen LogP contribution in [0, 0.1) is 5.92 Å². The zero-order chi connectivity index (χ0) is 15.2. The molecule has 0 aliphatic carbocycles. The van der Waals surface area contributed by atoms with E-state index in [1.165, 1.54) is 0 Å². The summed E-state index contributed by atoms with van der Waals surface area (Å²) in [7, 11) is 0. The predicted molar refractivity (Wildman–Crippen MR) is 82.8 cm³/mol. The highest BCUT2D eigenvalue weighted by atomic mass is 16.1. The standard InChI is InChI=1S/C15H25N5O/c1-3-6-17-7-12-8-18-15(19-9-12)20-10-13(14(16)21)5-4-11(20)2/h8-9,11,13,17H,3-7,10H2,1-2H3,(H2,16,21). The number of amides is 1. The van der Waals surface area contributed by atoms with Gasteiger partial charge in [0, 0.05) is 37.1 Å². The lowest BCUT2D eigenvalue weighted by Crippen LogP contribution is -2.46. The van der Waals surface area contributed by atoms with Crippen molar-refractivity contribution in [1.82, 2.24) is 15.3 Å². The summed E-state index contributed by atoms with van der Waals surface area (Å²) in [5, 5.41) is 3.33. The van der Waals surface area contributed by atoms with E-state index in [-0.39, 0.29) is 11.8 Å². The fourth-order valence-corrected chi connectivity index (χ4v) is 2.61. The van der Waals surface area contributed by atoms with E-state index in [2.05, 4.69) is 34.0 Å². The number of carbonyl (C=O) groups is 1. The van der Waals surface area contributed by atoms with Gasteiger partial charge in [-0.15, -0.1) is 0 Å². The second kappa shape index (κ2) is 7.36. The Hall–Kier alpha value is -1.69. The van der Waals surface area contributed by atoms with Gasteiger partial charge in [-0.3, -0.25) is 4.79 Å². The van der Waals surface area contributed by atoms with E-state index in [0.29, 0.717) is 18.5 Å². The number of hydrogen-bond acceptors (Lipinski definition) is 5. The minimum atomic E-state index is -0.229. The van der Waals surface area contributed by atoms with Crippen LogP contribution in [0.2, 0.25) is 0 Å². The van der Waals surface area contributed by atoms with E-state index in [4.69, 9.17) is 5.73 Å². The van der Waals surface area contributed by atoms with E-state index < -0.39 is 0 Å². The molecule has 2 rings (SSSR count). The Morgan fingerprint density at radius 3 is 2.76 bits per heavy atom. The number of nitrogens with zero attached hydrogens (tertiary/aromatic N) is 3. The van der Waals surface area contributed by atoms with Crippen molar-refractivity contribution >= 4 is 11.9 Å². The van der Waals surface area contributed by atoms with Crippen LogP contribution >= 0.6 is 0 Å². The number of piperidine rings is 1. The van der Waals surface area contributed by atoms with Crippen molar-refractivity contribution < 1.29 is 4.79 Å². The van der Waals surface area contributed by atoms with Gasteiger partial charge in [-0.05, 0) is 32.7 Å². The molecule has 6 nitrogen and oxygen atoms in total. The van der Waals surface area contributed by atoms with E-state index in [1.807, 2.05) is 12.4 Å². The van der Waals surface area contributed by atoms with Crippen LogP contribution in [-0.4, -0.2) is 35.0 Å². The molecule has 0 spiro atoms. The maximum atomic E-state index is 11.4. The molecule has 1 amide bonds. The van der Waals surface area contributed by atoms with Crippen LogP contribution in [0.1, 0.15) is 38.7 Å². The van der Waals surface area contributed by atoms with Gasteiger partial charge in [0.05, 0.1) is 5.92 Å². The summed E-state index contributed by atoms with van der Waals surface area (Å²) >= 11 is 0. The van der Waals surface area contributed by atoms with Crippen LogP contribution in [0.4, 0.5) is 5.95 Å². The van der Waals surface area contributed by atoms with Crippen LogP contribution in [0.3, 0.4) is 0 Å². The van der Waals surface area contributed by atoms with Crippen molar-refractivity contribution in [1.29, 1.82) is 0 Å². The Labute approximate surface area is 126 Å². The van der Waals surface area contributed by atoms with Crippen LogP contribution in [-0.2, 0) is 11.3 Å². The van der Waals surface area contributed by atoms with Gasteiger partial charge in [0.1, 0.15) is 0 Å². The van der Waals surface area contributed by atoms with Crippen molar-refractivity contribution in [2.24, 2.45) is 11.7 Å². The molecule has 21 heavy (non-hydrogen) atoms. The van der Waals surface area contributed by atoms with Gasteiger partial charge in [0.15, 0.2) is 0 Å². The highest BCUT2D eigenvalue weighted by Crippen LogP contribution is 2.24. The lowest BCUT2D eigenvalue weighted by atomic mass is 9.93. The van der Waals surface area contributed by atoms with Crippen LogP contribution in [0.15, 0.2) is 12.4 Å². The summed E-state index contributed by atoms with van der Waals surface area (Å²) in [4.78, 5) is 22.4. The van der Waals surface area contributed by atoms with Crippen molar-refractivity contribution in [3.63, 3.8) is 0 Å². The molecule has 2 heterocycles. The highest BCUT2D eigenvalue weighted by molar-refractivity contribution is 5.77. The van der Waals surface area contributed by atoms with E-state index >= 15 is 0 Å². The average molecular weight is 291 g/mol. The molecule has 1 aliphatic rings. The molecule has 6 heteroatoms. The van der Waals surface area contributed by atoms with Crippen LogP contribution in [0.5, 0.6) is 0 Å². The first-order valence-electron chi connectivity index (χ1n) is 7.69. The molecule has 1 aromatic rings. The fraction of sp³-hybridized carbons (Fsp3) is 0.667. The summed E-state index contributed by atoms with van der Waals surface area (Å²) in [6.07, 6.45) is 6.61. The molecule has 0 bridgehead atoms. The van der Waals surface area contributed by atoms with Crippen molar-refractivity contribution in [2.75, 3.05) is 18.0 Å². The van der Waals surface area contributed by atoms with E-state index in [0.717, 1.165) is 37.9 Å². The van der Waals surface area contributed by atoms with Gasteiger partial charge >= 0.3 is 0 Å². The van der Waals surface area contributed by atoms with Gasteiger partial charge in [-0.25, -0.2) is 9.97 Å². The smallest absolute Gasteiger partial charge is 0.225 e. The Morgan fingerprint density at radius 2 is 2.14 bits per heavy atom. The number of nitrogens with one attached hydrogen (secondary N) is 1. The first-order chi connectivity index (χ1) is 10.1. The third-order valence-electron chi connectivity index (χ3n) is 3.99. The Balaban J connectivity index is 2.01. The molecule has 0 radical (unpaired) electrons. The van der Waals surface area contributed by atoms with Crippen molar-refractivity contribution in [3.05, 3.63) is 18.0 Å². The molecule has 1 aliphatic heterocycles. The normalized spacial score (nSPS) is 22.3. The molecule has 3 N–H and O–H groups in total. The summed E-state index contributed by atoms with van der Waals surface area (Å²) in [6.45, 7) is 6.67. The van der Waals surface area contributed by atoms with Crippen LogP contribution in [0.25, 0.3) is 0 Å². The number of hydrogen-bond donors (Lipinski definition) is 2. The van der Waals surface area contributed by atoms with Gasteiger partial charge in [0.25, 0.3) is 0 Å². The van der Waals surface area contributed by atoms with Gasteiger partial charge in [-0.2, -0.15) is 0 Å². The molecule has 0 saturated carbocycles. The SMILES string of the molecule is CCCNCc1cnc(N2CC(C(N)=O)CCC2C)nc1. The second-order valence-electron chi connectivity index (χ2n) is 5.75. The quantitative estimate of drug-likeness (QED) is 0.766.